The van der Waals surface area contributed by atoms with Gasteiger partial charge in [-0.1, -0.05) is 115 Å². The summed E-state index contributed by atoms with van der Waals surface area (Å²) in [6.45, 7) is 0. The van der Waals surface area contributed by atoms with E-state index < -0.39 is 0 Å². The fourth-order valence-electron chi connectivity index (χ4n) is 8.12. The van der Waals surface area contributed by atoms with E-state index in [1.165, 1.54) is 5.56 Å². The van der Waals surface area contributed by atoms with Crippen molar-refractivity contribution in [2.24, 2.45) is 0 Å². The van der Waals surface area contributed by atoms with Crippen molar-refractivity contribution >= 4 is 77.9 Å². The molecule has 9 aromatic carbocycles. The number of nitrogens with zero attached hydrogens (tertiary/aromatic N) is 3. The summed E-state index contributed by atoms with van der Waals surface area (Å²) in [6.07, 6.45) is 0. The molecule has 0 spiro atoms. The molecular weight excluding hydrogens is 711 g/mol. The number of rotatable bonds is 8. The zero-order valence-corrected chi connectivity index (χ0v) is 31.4. The fraction of sp³-hybridized carbons (Fsp3) is 0. The highest BCUT2D eigenvalue weighted by molar-refractivity contribution is 6.13. The van der Waals surface area contributed by atoms with Crippen LogP contribution in [0.1, 0.15) is 0 Å². The number of hydrogen-bond acceptors (Lipinski definition) is 5. The minimum absolute atomic E-state index is 0.587. The van der Waals surface area contributed by atoms with Gasteiger partial charge in [0.25, 0.3) is 0 Å². The van der Waals surface area contributed by atoms with Crippen LogP contribution >= 0.6 is 0 Å². The summed E-state index contributed by atoms with van der Waals surface area (Å²) in [5, 5.41) is 4.17. The van der Waals surface area contributed by atoms with Crippen molar-refractivity contribution in [3.8, 4) is 22.6 Å². The summed E-state index contributed by atoms with van der Waals surface area (Å²) >= 11 is 0. The van der Waals surface area contributed by atoms with Crippen molar-refractivity contribution < 1.29 is 8.83 Å². The summed E-state index contributed by atoms with van der Waals surface area (Å²) < 4.78 is 12.8. The second-order valence-electron chi connectivity index (χ2n) is 14.4. The minimum atomic E-state index is 0.587. The van der Waals surface area contributed by atoms with E-state index >= 15 is 0 Å². The zero-order valence-electron chi connectivity index (χ0n) is 31.4. The van der Waals surface area contributed by atoms with Gasteiger partial charge in [-0.3, -0.25) is 0 Å². The molecule has 11 rings (SSSR count). The summed E-state index contributed by atoms with van der Waals surface area (Å²) in [4.78, 5) is 9.87. The number of aromatic nitrogens is 1. The molecule has 11 aromatic rings. The summed E-state index contributed by atoms with van der Waals surface area (Å²) in [5.74, 6) is 0.587. The summed E-state index contributed by atoms with van der Waals surface area (Å²) in [5.41, 5.74) is 12.6. The van der Waals surface area contributed by atoms with Crippen molar-refractivity contribution in [2.75, 3.05) is 9.80 Å². The number of benzene rings is 9. The van der Waals surface area contributed by atoms with E-state index in [0.29, 0.717) is 5.89 Å². The van der Waals surface area contributed by atoms with Gasteiger partial charge in [0.2, 0.25) is 5.89 Å². The van der Waals surface area contributed by atoms with Crippen LogP contribution in [0, 0.1) is 0 Å². The maximum absolute atomic E-state index is 6.49. The molecule has 274 valence electrons. The molecule has 0 aliphatic carbocycles. The smallest absolute Gasteiger partial charge is 0.227 e. The van der Waals surface area contributed by atoms with E-state index in [1.54, 1.807) is 0 Å². The van der Waals surface area contributed by atoms with Gasteiger partial charge in [0.1, 0.15) is 16.7 Å². The SMILES string of the molecule is c1ccc(-c2ccc(N(c3ccccc3)c3cc(N(c4ccccc4)c4ccc5oc6ccccc6c5c4)cc4c3ccc3oc(-c5ccccc5)nc34)cc2)cc1. The Bertz CT molecular complexity index is 3210. The van der Waals surface area contributed by atoms with Crippen molar-refractivity contribution in [1.29, 1.82) is 0 Å². The average molecular weight is 746 g/mol. The first-order valence-electron chi connectivity index (χ1n) is 19.5. The molecule has 0 bridgehead atoms. The van der Waals surface area contributed by atoms with Crippen molar-refractivity contribution in [1.82, 2.24) is 4.98 Å². The molecule has 0 N–H and O–H groups in total. The Kier molecular flexibility index (Phi) is 8.07. The lowest BCUT2D eigenvalue weighted by atomic mass is 10.0. The molecule has 0 radical (unpaired) electrons. The molecule has 2 heterocycles. The molecule has 5 nitrogen and oxygen atoms in total. The quantitative estimate of drug-likeness (QED) is 0.155. The van der Waals surface area contributed by atoms with Crippen molar-refractivity contribution in [2.45, 2.75) is 0 Å². The number of anilines is 6. The molecule has 0 amide bonds. The second kappa shape index (κ2) is 14.0. The van der Waals surface area contributed by atoms with Crippen LogP contribution in [0.15, 0.2) is 221 Å². The molecule has 0 aliphatic rings. The Labute approximate surface area is 335 Å². The lowest BCUT2D eigenvalue weighted by Gasteiger charge is -2.31. The topological polar surface area (TPSA) is 45.7 Å². The van der Waals surface area contributed by atoms with Crippen LogP contribution in [0.3, 0.4) is 0 Å². The molecule has 2 aromatic heterocycles. The highest BCUT2D eigenvalue weighted by Gasteiger charge is 2.23. The molecule has 0 unspecified atom stereocenters. The first-order valence-corrected chi connectivity index (χ1v) is 19.5. The molecule has 0 saturated carbocycles. The normalized spacial score (nSPS) is 11.4. The molecule has 0 aliphatic heterocycles. The fourth-order valence-corrected chi connectivity index (χ4v) is 8.12. The maximum atomic E-state index is 6.49. The Morgan fingerprint density at radius 3 is 1.57 bits per heavy atom. The highest BCUT2D eigenvalue weighted by Crippen LogP contribution is 2.47. The third-order valence-electron chi connectivity index (χ3n) is 10.9. The van der Waals surface area contributed by atoms with Crippen LogP contribution < -0.4 is 9.80 Å². The monoisotopic (exact) mass is 745 g/mol. The van der Waals surface area contributed by atoms with Crippen LogP contribution in [-0.2, 0) is 0 Å². The Morgan fingerprint density at radius 1 is 0.310 bits per heavy atom. The van der Waals surface area contributed by atoms with E-state index in [2.05, 4.69) is 180 Å². The van der Waals surface area contributed by atoms with Gasteiger partial charge in [-0.2, -0.15) is 0 Å². The predicted molar refractivity (Wildman–Crippen MR) is 239 cm³/mol. The van der Waals surface area contributed by atoms with E-state index in [9.17, 15) is 0 Å². The molecule has 0 atom stereocenters. The molecule has 58 heavy (non-hydrogen) atoms. The van der Waals surface area contributed by atoms with Crippen LogP contribution in [0.25, 0.3) is 66.4 Å². The Balaban J connectivity index is 1.19. The predicted octanol–water partition coefficient (Wildman–Crippen LogP) is 15.2. The summed E-state index contributed by atoms with van der Waals surface area (Å²) in [6, 6.07) is 74.0. The van der Waals surface area contributed by atoms with Gasteiger partial charge in [-0.25, -0.2) is 4.98 Å². The van der Waals surface area contributed by atoms with Gasteiger partial charge in [0.05, 0.1) is 5.69 Å². The second-order valence-corrected chi connectivity index (χ2v) is 14.4. The maximum Gasteiger partial charge on any atom is 0.227 e. The third-order valence-corrected chi connectivity index (χ3v) is 10.9. The summed E-state index contributed by atoms with van der Waals surface area (Å²) in [7, 11) is 0. The molecule has 0 fully saturated rings. The highest BCUT2D eigenvalue weighted by atomic mass is 16.3. The standard InChI is InChI=1S/C53H35N3O2/c1-5-15-36(16-6-1)37-25-27-41(28-26-37)56(40-21-11-4-12-22-40)48-35-43(34-47-44(48)30-32-51-52(47)54-53(58-51)38-17-7-2-8-18-38)55(39-19-9-3-10-20-39)42-29-31-50-46(33-42)45-23-13-14-24-49(45)57-50/h1-35H. The van der Waals surface area contributed by atoms with Gasteiger partial charge >= 0.3 is 0 Å². The van der Waals surface area contributed by atoms with E-state index in [-0.39, 0.29) is 0 Å². The van der Waals surface area contributed by atoms with Crippen LogP contribution in [0.2, 0.25) is 0 Å². The zero-order chi connectivity index (χ0) is 38.4. The van der Waals surface area contributed by atoms with E-state index in [4.69, 9.17) is 13.8 Å². The van der Waals surface area contributed by atoms with Gasteiger partial charge in [-0.15, -0.1) is 0 Å². The Hall–Kier alpha value is -7.89. The Morgan fingerprint density at radius 2 is 0.845 bits per heavy atom. The average Bonchev–Trinajstić information content (AvgIpc) is 3.91. The lowest BCUT2D eigenvalue weighted by Crippen LogP contribution is -2.14. The van der Waals surface area contributed by atoms with Gasteiger partial charge in [0.15, 0.2) is 5.58 Å². The third kappa shape index (κ3) is 5.85. The van der Waals surface area contributed by atoms with Gasteiger partial charge in [-0.05, 0) is 108 Å². The van der Waals surface area contributed by atoms with Crippen LogP contribution in [0.4, 0.5) is 34.1 Å². The van der Waals surface area contributed by atoms with Crippen LogP contribution in [0.5, 0.6) is 0 Å². The number of hydrogen-bond donors (Lipinski definition) is 0. The molecule has 0 saturated heterocycles. The first kappa shape index (κ1) is 33.4. The van der Waals surface area contributed by atoms with Gasteiger partial charge < -0.3 is 18.6 Å². The van der Waals surface area contributed by atoms with Crippen molar-refractivity contribution in [3.05, 3.63) is 212 Å². The number of oxazole rings is 1. The van der Waals surface area contributed by atoms with E-state index in [1.807, 2.05) is 42.5 Å². The first-order chi connectivity index (χ1) is 28.7. The molecule has 5 heteroatoms. The lowest BCUT2D eigenvalue weighted by molar-refractivity contribution is 0.620. The largest absolute Gasteiger partial charge is 0.456 e. The minimum Gasteiger partial charge on any atom is -0.456 e. The van der Waals surface area contributed by atoms with Gasteiger partial charge in [0, 0.05) is 55.5 Å². The number of fused-ring (bicyclic) bond motifs is 6. The number of furan rings is 1. The van der Waals surface area contributed by atoms with E-state index in [0.717, 1.165) is 89.1 Å². The van der Waals surface area contributed by atoms with Crippen molar-refractivity contribution in [3.63, 3.8) is 0 Å². The molecular formula is C53H35N3O2. The number of para-hydroxylation sites is 3. The van der Waals surface area contributed by atoms with Crippen LogP contribution in [-0.4, -0.2) is 4.98 Å².